The molecule has 0 fully saturated rings. The zero-order chi connectivity index (χ0) is 20.6. The van der Waals surface area contributed by atoms with E-state index in [-0.39, 0.29) is 18.4 Å². The number of rotatable bonds is 7. The van der Waals surface area contributed by atoms with E-state index in [1.165, 1.54) is 6.20 Å². The number of nitrogens with zero attached hydrogens (tertiary/aromatic N) is 4. The Bertz CT molecular complexity index is 1020. The molecule has 0 aliphatic rings. The van der Waals surface area contributed by atoms with Crippen molar-refractivity contribution in [1.82, 2.24) is 19.7 Å². The van der Waals surface area contributed by atoms with Crippen molar-refractivity contribution in [3.8, 4) is 11.4 Å². The molecule has 0 aliphatic carbocycles. The predicted molar refractivity (Wildman–Crippen MR) is 115 cm³/mol. The first-order valence-electron chi connectivity index (χ1n) is 9.37. The van der Waals surface area contributed by atoms with Crippen LogP contribution in [-0.2, 0) is 4.79 Å². The van der Waals surface area contributed by atoms with E-state index in [1.807, 2.05) is 47.0 Å². The number of nitrogens with two attached hydrogens (primary N) is 1. The van der Waals surface area contributed by atoms with Gasteiger partial charge in [0.25, 0.3) is 0 Å². The molecule has 0 unspecified atom stereocenters. The first kappa shape index (κ1) is 20.0. The van der Waals surface area contributed by atoms with E-state index in [0.29, 0.717) is 5.69 Å². The lowest BCUT2D eigenvalue weighted by atomic mass is 10.1. The topological polar surface area (TPSA) is 98.7 Å². The molecule has 0 bridgehead atoms. The van der Waals surface area contributed by atoms with Crippen LogP contribution >= 0.6 is 0 Å². The number of carbonyl (C=O) groups excluding carboxylic acids is 1. The fourth-order valence-corrected chi connectivity index (χ4v) is 2.90. The van der Waals surface area contributed by atoms with Crippen LogP contribution in [0.5, 0.6) is 0 Å². The quantitative estimate of drug-likeness (QED) is 0.600. The summed E-state index contributed by atoms with van der Waals surface area (Å²) in [7, 11) is 0. The average Bonchev–Trinajstić information content (AvgIpc) is 3.22. The molecule has 3 rings (SSSR count). The molecule has 29 heavy (non-hydrogen) atoms. The maximum Gasteiger partial charge on any atom is 0.228 e. The van der Waals surface area contributed by atoms with Gasteiger partial charge in [-0.1, -0.05) is 24.3 Å². The Balaban J connectivity index is 1.73. The van der Waals surface area contributed by atoms with E-state index in [4.69, 9.17) is 5.73 Å². The minimum Gasteiger partial charge on any atom is -0.405 e. The number of anilines is 1. The zero-order valence-electron chi connectivity index (χ0n) is 16.5. The lowest BCUT2D eigenvalue weighted by molar-refractivity contribution is -0.115. The summed E-state index contributed by atoms with van der Waals surface area (Å²) in [5.74, 6) is 0.641. The van der Waals surface area contributed by atoms with Gasteiger partial charge in [-0.2, -0.15) is 0 Å². The maximum atomic E-state index is 12.5. The number of amides is 1. The van der Waals surface area contributed by atoms with Crippen molar-refractivity contribution >= 4 is 17.2 Å². The lowest BCUT2D eigenvalue weighted by Gasteiger charge is -2.11. The van der Waals surface area contributed by atoms with Gasteiger partial charge in [0.05, 0.1) is 0 Å². The molecule has 0 spiro atoms. The second-order valence-corrected chi connectivity index (χ2v) is 6.75. The molecular formula is C22H24N6O. The number of pyridine rings is 1. The van der Waals surface area contributed by atoms with Crippen LogP contribution in [0.1, 0.15) is 31.9 Å². The van der Waals surface area contributed by atoms with E-state index in [2.05, 4.69) is 34.3 Å². The van der Waals surface area contributed by atoms with Gasteiger partial charge in [-0.25, -0.2) is 0 Å². The highest BCUT2D eigenvalue weighted by molar-refractivity contribution is 5.93. The predicted octanol–water partition coefficient (Wildman–Crippen LogP) is 3.81. The van der Waals surface area contributed by atoms with Crippen molar-refractivity contribution in [2.75, 3.05) is 5.32 Å². The van der Waals surface area contributed by atoms with Gasteiger partial charge >= 0.3 is 0 Å². The van der Waals surface area contributed by atoms with E-state index < -0.39 is 0 Å². The van der Waals surface area contributed by atoms with E-state index in [9.17, 15) is 4.79 Å². The smallest absolute Gasteiger partial charge is 0.228 e. The lowest BCUT2D eigenvalue weighted by Crippen LogP contribution is -2.10. The fraction of sp³-hybridized carbons (Fsp3) is 0.182. The number of hydrogen-bond acceptors (Lipinski definition) is 5. The van der Waals surface area contributed by atoms with Gasteiger partial charge in [-0.05, 0) is 55.5 Å². The summed E-state index contributed by atoms with van der Waals surface area (Å²) >= 11 is 0. The summed E-state index contributed by atoms with van der Waals surface area (Å²) in [4.78, 5) is 16.6. The minimum absolute atomic E-state index is 0.126. The second kappa shape index (κ2) is 9.45. The summed E-state index contributed by atoms with van der Waals surface area (Å²) < 4.78 is 1.99. The van der Waals surface area contributed by atoms with Gasteiger partial charge in [-0.3, -0.25) is 9.78 Å². The monoisotopic (exact) mass is 388 g/mol. The first-order valence-corrected chi connectivity index (χ1v) is 9.37. The molecular weight excluding hydrogens is 364 g/mol. The minimum atomic E-state index is -0.126. The van der Waals surface area contributed by atoms with Crippen molar-refractivity contribution in [2.24, 2.45) is 5.73 Å². The SMILES string of the molecule is CC(C)n1cnnc1-c1cccc(NC(=O)C/C=C(\C=C/N)c2cccnc2)c1. The third-order valence-corrected chi connectivity index (χ3v) is 4.31. The van der Waals surface area contributed by atoms with Gasteiger partial charge in [0.1, 0.15) is 6.33 Å². The van der Waals surface area contributed by atoms with Gasteiger partial charge in [-0.15, -0.1) is 10.2 Å². The fourth-order valence-electron chi connectivity index (χ4n) is 2.90. The Morgan fingerprint density at radius 1 is 1.28 bits per heavy atom. The largest absolute Gasteiger partial charge is 0.405 e. The highest BCUT2D eigenvalue weighted by Crippen LogP contribution is 2.23. The second-order valence-electron chi connectivity index (χ2n) is 6.75. The number of allylic oxidation sites excluding steroid dienone is 2. The normalized spacial score (nSPS) is 11.9. The molecule has 1 aromatic carbocycles. The average molecular weight is 388 g/mol. The first-order chi connectivity index (χ1) is 14.1. The maximum absolute atomic E-state index is 12.5. The highest BCUT2D eigenvalue weighted by Gasteiger charge is 2.11. The molecule has 148 valence electrons. The Morgan fingerprint density at radius 3 is 2.86 bits per heavy atom. The van der Waals surface area contributed by atoms with E-state index >= 15 is 0 Å². The van der Waals surface area contributed by atoms with Crippen molar-refractivity contribution < 1.29 is 4.79 Å². The molecule has 2 heterocycles. The van der Waals surface area contributed by atoms with Crippen LogP contribution < -0.4 is 11.1 Å². The third-order valence-electron chi connectivity index (χ3n) is 4.31. The molecule has 7 nitrogen and oxygen atoms in total. The molecule has 0 radical (unpaired) electrons. The van der Waals surface area contributed by atoms with Crippen LogP contribution in [0, 0.1) is 0 Å². The molecule has 0 saturated carbocycles. The van der Waals surface area contributed by atoms with Crippen LogP contribution in [0.15, 0.2) is 73.5 Å². The molecule has 7 heteroatoms. The van der Waals surface area contributed by atoms with E-state index in [1.54, 1.807) is 24.8 Å². The van der Waals surface area contributed by atoms with Gasteiger partial charge < -0.3 is 15.6 Å². The molecule has 0 saturated heterocycles. The summed E-state index contributed by atoms with van der Waals surface area (Å²) in [6.45, 7) is 4.14. The van der Waals surface area contributed by atoms with Crippen molar-refractivity contribution in [2.45, 2.75) is 26.3 Å². The summed E-state index contributed by atoms with van der Waals surface area (Å²) in [6.07, 6.45) is 10.4. The van der Waals surface area contributed by atoms with Gasteiger partial charge in [0, 0.05) is 36.1 Å². The zero-order valence-corrected chi connectivity index (χ0v) is 16.5. The molecule has 3 N–H and O–H groups in total. The Kier molecular flexibility index (Phi) is 6.52. The van der Waals surface area contributed by atoms with E-state index in [0.717, 1.165) is 22.5 Å². The van der Waals surface area contributed by atoms with Crippen LogP contribution in [0.3, 0.4) is 0 Å². The Morgan fingerprint density at radius 2 is 2.14 bits per heavy atom. The van der Waals surface area contributed by atoms with Crippen LogP contribution in [0.25, 0.3) is 17.0 Å². The van der Waals surface area contributed by atoms with Crippen molar-refractivity contribution in [3.63, 3.8) is 0 Å². The Labute approximate surface area is 170 Å². The number of carbonyl (C=O) groups is 1. The summed E-state index contributed by atoms with van der Waals surface area (Å²) in [5.41, 5.74) is 8.88. The third kappa shape index (κ3) is 5.16. The number of hydrogen-bond donors (Lipinski definition) is 2. The van der Waals surface area contributed by atoms with Crippen molar-refractivity contribution in [3.05, 3.63) is 79.0 Å². The summed E-state index contributed by atoms with van der Waals surface area (Å²) in [5, 5.41) is 11.1. The number of nitrogens with one attached hydrogen (secondary N) is 1. The Hall–Kier alpha value is -3.74. The van der Waals surface area contributed by atoms with Gasteiger partial charge in [0.2, 0.25) is 5.91 Å². The molecule has 0 aliphatic heterocycles. The van der Waals surface area contributed by atoms with Crippen LogP contribution in [0.2, 0.25) is 0 Å². The molecule has 1 amide bonds. The molecule has 2 aromatic heterocycles. The molecule has 3 aromatic rings. The van der Waals surface area contributed by atoms with Crippen molar-refractivity contribution in [1.29, 1.82) is 0 Å². The molecule has 0 atom stereocenters. The summed E-state index contributed by atoms with van der Waals surface area (Å²) in [6, 6.07) is 11.6. The number of aromatic nitrogens is 4. The van der Waals surface area contributed by atoms with Crippen LogP contribution in [-0.4, -0.2) is 25.7 Å². The van der Waals surface area contributed by atoms with Gasteiger partial charge in [0.15, 0.2) is 5.82 Å². The standard InChI is InChI=1S/C22H24N6O/c1-16(2)28-15-25-27-22(28)18-5-3-7-20(13-18)26-21(29)9-8-17(10-11-23)19-6-4-12-24-14-19/h3-8,10-16H,9,23H2,1-2H3,(H,26,29)/b11-10-,17-8+. The van der Waals surface area contributed by atoms with Crippen LogP contribution in [0.4, 0.5) is 5.69 Å². The number of benzene rings is 1. The highest BCUT2D eigenvalue weighted by atomic mass is 16.1.